The molecule has 0 aromatic heterocycles. The van der Waals surface area contributed by atoms with E-state index in [1.54, 1.807) is 0 Å². The van der Waals surface area contributed by atoms with Crippen molar-refractivity contribution in [3.05, 3.63) is 65.2 Å². The van der Waals surface area contributed by atoms with Crippen LogP contribution in [0.5, 0.6) is 0 Å². The van der Waals surface area contributed by atoms with E-state index in [1.165, 1.54) is 21.6 Å². The van der Waals surface area contributed by atoms with Gasteiger partial charge >= 0.3 is 0 Å². The van der Waals surface area contributed by atoms with Crippen LogP contribution in [0.4, 0.5) is 0 Å². The molecule has 4 rings (SSSR count). The molecule has 0 aliphatic carbocycles. The fourth-order valence-corrected chi connectivity index (χ4v) is 4.01. The average molecular weight is 295 g/mol. The smallest absolute Gasteiger partial charge is 0.192 e. The molecule has 2 heterocycles. The van der Waals surface area contributed by atoms with E-state index in [1.807, 2.05) is 11.8 Å². The third-order valence-electron chi connectivity index (χ3n) is 3.93. The molecule has 2 aromatic carbocycles. The van der Waals surface area contributed by atoms with Crippen molar-refractivity contribution in [1.82, 2.24) is 10.6 Å². The lowest BCUT2D eigenvalue weighted by atomic mass is 9.95. The van der Waals surface area contributed by atoms with Crippen LogP contribution in [0.3, 0.4) is 0 Å². The molecule has 0 bridgehead atoms. The quantitative estimate of drug-likeness (QED) is 0.849. The second kappa shape index (κ2) is 5.45. The summed E-state index contributed by atoms with van der Waals surface area (Å²) in [6, 6.07) is 17.5. The molecule has 3 nitrogen and oxygen atoms in total. The lowest BCUT2D eigenvalue weighted by Crippen LogP contribution is -2.37. The van der Waals surface area contributed by atoms with Gasteiger partial charge in [0.2, 0.25) is 0 Å². The summed E-state index contributed by atoms with van der Waals surface area (Å²) >= 11 is 1.91. The van der Waals surface area contributed by atoms with Gasteiger partial charge in [-0.3, -0.25) is 4.99 Å². The van der Waals surface area contributed by atoms with Gasteiger partial charge in [-0.15, -0.1) is 11.8 Å². The molecule has 0 saturated heterocycles. The predicted octanol–water partition coefficient (Wildman–Crippen LogP) is 2.93. The van der Waals surface area contributed by atoms with Crippen LogP contribution in [0.1, 0.15) is 22.7 Å². The number of nitrogens with one attached hydrogen (secondary N) is 2. The zero-order valence-corrected chi connectivity index (χ0v) is 12.5. The van der Waals surface area contributed by atoms with Crippen LogP contribution in [0, 0.1) is 0 Å². The maximum absolute atomic E-state index is 4.49. The Balaban J connectivity index is 1.81. The van der Waals surface area contributed by atoms with Gasteiger partial charge in [-0.25, -0.2) is 0 Å². The molecule has 0 saturated carbocycles. The number of nitrogens with zero attached hydrogens (tertiary/aromatic N) is 1. The SMILES string of the molecule is c1ccc2c(c1)CSc1ccccc1C2NC1=NCCN1. The first-order valence-corrected chi connectivity index (χ1v) is 8.25. The van der Waals surface area contributed by atoms with E-state index in [2.05, 4.69) is 64.2 Å². The second-order valence-electron chi connectivity index (χ2n) is 5.26. The second-order valence-corrected chi connectivity index (χ2v) is 6.28. The molecule has 0 spiro atoms. The van der Waals surface area contributed by atoms with Gasteiger partial charge in [-0.05, 0) is 22.8 Å². The monoisotopic (exact) mass is 295 g/mol. The van der Waals surface area contributed by atoms with Gasteiger partial charge in [-0.1, -0.05) is 42.5 Å². The Kier molecular flexibility index (Phi) is 3.31. The molecule has 2 aliphatic heterocycles. The maximum Gasteiger partial charge on any atom is 0.192 e. The van der Waals surface area contributed by atoms with E-state index in [0.29, 0.717) is 0 Å². The Morgan fingerprint density at radius 2 is 1.86 bits per heavy atom. The Hall–Kier alpha value is -1.94. The lowest BCUT2D eigenvalue weighted by molar-refractivity contribution is 0.728. The minimum Gasteiger partial charge on any atom is -0.355 e. The van der Waals surface area contributed by atoms with Crippen molar-refractivity contribution < 1.29 is 0 Å². The highest BCUT2D eigenvalue weighted by Crippen LogP contribution is 2.39. The van der Waals surface area contributed by atoms with E-state index < -0.39 is 0 Å². The highest BCUT2D eigenvalue weighted by atomic mass is 32.2. The van der Waals surface area contributed by atoms with E-state index in [-0.39, 0.29) is 6.04 Å². The molecule has 4 heteroatoms. The van der Waals surface area contributed by atoms with E-state index >= 15 is 0 Å². The number of guanidine groups is 1. The zero-order valence-electron chi connectivity index (χ0n) is 11.7. The summed E-state index contributed by atoms with van der Waals surface area (Å²) in [6.45, 7) is 1.78. The minimum atomic E-state index is 0.164. The first kappa shape index (κ1) is 12.8. The number of aliphatic imine (C=N–C) groups is 1. The van der Waals surface area contributed by atoms with Crippen molar-refractivity contribution in [2.45, 2.75) is 16.7 Å². The summed E-state index contributed by atoms with van der Waals surface area (Å²) in [5.41, 5.74) is 4.09. The van der Waals surface area contributed by atoms with Gasteiger partial charge in [0.1, 0.15) is 0 Å². The van der Waals surface area contributed by atoms with Crippen molar-refractivity contribution in [3.63, 3.8) is 0 Å². The van der Waals surface area contributed by atoms with Crippen LogP contribution in [0.25, 0.3) is 0 Å². The van der Waals surface area contributed by atoms with Crippen LogP contribution >= 0.6 is 11.8 Å². The van der Waals surface area contributed by atoms with Crippen LogP contribution in [-0.4, -0.2) is 19.0 Å². The van der Waals surface area contributed by atoms with E-state index in [4.69, 9.17) is 0 Å². The largest absolute Gasteiger partial charge is 0.355 e. The average Bonchev–Trinajstić information content (AvgIpc) is 2.99. The van der Waals surface area contributed by atoms with Gasteiger partial charge in [0, 0.05) is 17.2 Å². The molecule has 2 aromatic rings. The summed E-state index contributed by atoms with van der Waals surface area (Å²) in [5.74, 6) is 1.93. The number of thioether (sulfide) groups is 1. The third-order valence-corrected chi connectivity index (χ3v) is 5.07. The van der Waals surface area contributed by atoms with Crippen molar-refractivity contribution in [2.24, 2.45) is 4.99 Å². The van der Waals surface area contributed by atoms with Crippen molar-refractivity contribution in [2.75, 3.05) is 13.1 Å². The van der Waals surface area contributed by atoms with Gasteiger partial charge < -0.3 is 10.6 Å². The molecule has 106 valence electrons. The van der Waals surface area contributed by atoms with E-state index in [0.717, 1.165) is 24.8 Å². The van der Waals surface area contributed by atoms with Gasteiger partial charge in [-0.2, -0.15) is 0 Å². The first-order chi connectivity index (χ1) is 10.4. The molecule has 21 heavy (non-hydrogen) atoms. The fourth-order valence-electron chi connectivity index (χ4n) is 2.91. The Bertz CT molecular complexity index is 648. The summed E-state index contributed by atoms with van der Waals surface area (Å²) in [6.07, 6.45) is 0. The highest BCUT2D eigenvalue weighted by Gasteiger charge is 2.24. The molecule has 1 unspecified atom stereocenters. The summed E-state index contributed by atoms with van der Waals surface area (Å²) < 4.78 is 0. The first-order valence-electron chi connectivity index (χ1n) is 7.26. The Morgan fingerprint density at radius 3 is 2.71 bits per heavy atom. The molecular weight excluding hydrogens is 278 g/mol. The number of hydrogen-bond acceptors (Lipinski definition) is 4. The lowest BCUT2D eigenvalue weighted by Gasteiger charge is -2.22. The number of hydrogen-bond donors (Lipinski definition) is 2. The van der Waals surface area contributed by atoms with Crippen molar-refractivity contribution in [3.8, 4) is 0 Å². The Labute approximate surface area is 128 Å². The predicted molar refractivity (Wildman–Crippen MR) is 87.7 cm³/mol. The molecular formula is C17H17N3S. The van der Waals surface area contributed by atoms with Crippen molar-refractivity contribution in [1.29, 1.82) is 0 Å². The molecule has 1 atom stereocenters. The van der Waals surface area contributed by atoms with Crippen LogP contribution in [0.15, 0.2) is 58.4 Å². The fraction of sp³-hybridized carbons (Fsp3) is 0.235. The zero-order chi connectivity index (χ0) is 14.1. The maximum atomic E-state index is 4.49. The molecule has 0 fully saturated rings. The van der Waals surface area contributed by atoms with Gasteiger partial charge in [0.05, 0.1) is 12.6 Å². The summed E-state index contributed by atoms with van der Waals surface area (Å²) in [4.78, 5) is 5.85. The Morgan fingerprint density at radius 1 is 1.05 bits per heavy atom. The number of rotatable bonds is 1. The third kappa shape index (κ3) is 2.40. The van der Waals surface area contributed by atoms with Crippen LogP contribution in [0.2, 0.25) is 0 Å². The number of fused-ring (bicyclic) bond motifs is 2. The van der Waals surface area contributed by atoms with Gasteiger partial charge in [0.15, 0.2) is 5.96 Å². The number of benzene rings is 2. The summed E-state index contributed by atoms with van der Waals surface area (Å²) in [7, 11) is 0. The molecule has 2 aliphatic rings. The molecule has 0 amide bonds. The standard InChI is InChI=1S/C17H17N3S/c1-2-6-13-12(5-1)11-21-15-8-4-3-7-14(15)16(13)20-17-18-9-10-19-17/h1-8,16H,9-11H2,(H2,18,19,20). The minimum absolute atomic E-state index is 0.164. The topological polar surface area (TPSA) is 36.4 Å². The van der Waals surface area contributed by atoms with Crippen molar-refractivity contribution >= 4 is 17.7 Å². The van der Waals surface area contributed by atoms with Crippen LogP contribution in [-0.2, 0) is 5.75 Å². The van der Waals surface area contributed by atoms with E-state index in [9.17, 15) is 0 Å². The van der Waals surface area contributed by atoms with Crippen LogP contribution < -0.4 is 10.6 Å². The highest BCUT2D eigenvalue weighted by molar-refractivity contribution is 7.98. The summed E-state index contributed by atoms with van der Waals surface area (Å²) in [5, 5.41) is 6.91. The normalized spacial score (nSPS) is 19.8. The molecule has 2 N–H and O–H groups in total. The molecule has 0 radical (unpaired) electrons. The van der Waals surface area contributed by atoms with Gasteiger partial charge in [0.25, 0.3) is 0 Å².